The number of hydrogen-bond donors (Lipinski definition) is 0. The van der Waals surface area contributed by atoms with Crippen LogP contribution in [0.4, 0.5) is 0 Å². The molecular weight excluding hydrogens is 468 g/mol. The van der Waals surface area contributed by atoms with E-state index in [1.807, 2.05) is 13.0 Å². The lowest BCUT2D eigenvalue weighted by Crippen LogP contribution is -2.03. The summed E-state index contributed by atoms with van der Waals surface area (Å²) in [6.45, 7) is 4.22. The minimum atomic E-state index is -0.0940. The first-order chi connectivity index (χ1) is 18.7. The summed E-state index contributed by atoms with van der Waals surface area (Å²) in [6, 6.07) is 0. The van der Waals surface area contributed by atoms with Crippen molar-refractivity contribution in [1.29, 1.82) is 0 Å². The number of esters is 1. The van der Waals surface area contributed by atoms with Gasteiger partial charge in [0.05, 0.1) is 12.2 Å². The average Bonchev–Trinajstić information content (AvgIpc) is 3.58. The largest absolute Gasteiger partial charge is 0.455 e. The van der Waals surface area contributed by atoms with Gasteiger partial charge in [0.25, 0.3) is 0 Å². The van der Waals surface area contributed by atoms with Crippen molar-refractivity contribution in [2.45, 2.75) is 193 Å². The Labute approximate surface area is 236 Å². The van der Waals surface area contributed by atoms with Gasteiger partial charge >= 0.3 is 5.97 Å². The summed E-state index contributed by atoms with van der Waals surface area (Å²) in [6.07, 6.45) is 41.2. The van der Waals surface area contributed by atoms with Gasteiger partial charge in [-0.2, -0.15) is 0 Å². The Morgan fingerprint density at radius 3 is 1.71 bits per heavy atom. The highest BCUT2D eigenvalue weighted by Gasteiger charge is 2.36. The van der Waals surface area contributed by atoms with Crippen LogP contribution in [0.1, 0.15) is 174 Å². The predicted molar refractivity (Wildman–Crippen MR) is 163 cm³/mol. The quantitative estimate of drug-likeness (QED) is 0.0459. The molecule has 0 saturated carbocycles. The Morgan fingerprint density at radius 1 is 0.632 bits per heavy atom. The Balaban J connectivity index is 1.23. The van der Waals surface area contributed by atoms with Crippen LogP contribution in [0.15, 0.2) is 23.8 Å². The Bertz CT molecular complexity index is 637. The van der Waals surface area contributed by atoms with Crippen molar-refractivity contribution in [2.75, 3.05) is 0 Å². The second-order valence-electron chi connectivity index (χ2n) is 12.1. The number of ether oxygens (including phenoxy) is 2. The molecule has 0 amide bonds. The molecule has 2 aliphatic heterocycles. The number of cyclic esters (lactones) is 1. The molecule has 3 heteroatoms. The summed E-state index contributed by atoms with van der Waals surface area (Å²) in [4.78, 5) is 11.6. The van der Waals surface area contributed by atoms with Gasteiger partial charge in [-0.25, -0.2) is 4.79 Å². The van der Waals surface area contributed by atoms with Gasteiger partial charge in [-0.1, -0.05) is 135 Å². The SMILES string of the molecule is CCCCCCCCCCCC/C=C\CC[C@H]1O[C@@H]1CCCCCCCCCCCCC1=C[C@@H](C)OC1=O. The maximum absolute atomic E-state index is 11.6. The molecule has 2 aliphatic rings. The Morgan fingerprint density at radius 2 is 1.13 bits per heavy atom. The van der Waals surface area contributed by atoms with E-state index in [9.17, 15) is 4.79 Å². The van der Waals surface area contributed by atoms with Crippen LogP contribution in [0.5, 0.6) is 0 Å². The molecule has 1 fully saturated rings. The van der Waals surface area contributed by atoms with E-state index in [-0.39, 0.29) is 12.1 Å². The molecule has 0 N–H and O–H groups in total. The van der Waals surface area contributed by atoms with Crippen molar-refractivity contribution in [1.82, 2.24) is 0 Å². The molecule has 2 rings (SSSR count). The van der Waals surface area contributed by atoms with E-state index in [0.29, 0.717) is 12.2 Å². The zero-order valence-corrected chi connectivity index (χ0v) is 25.4. The van der Waals surface area contributed by atoms with E-state index < -0.39 is 0 Å². The van der Waals surface area contributed by atoms with E-state index in [1.165, 1.54) is 148 Å². The van der Waals surface area contributed by atoms with Gasteiger partial charge < -0.3 is 9.47 Å². The number of hydrogen-bond acceptors (Lipinski definition) is 3. The molecular formula is C35H62O3. The lowest BCUT2D eigenvalue weighted by Gasteiger charge is -2.03. The number of unbranched alkanes of at least 4 members (excludes halogenated alkanes) is 19. The first-order valence-corrected chi connectivity index (χ1v) is 16.9. The van der Waals surface area contributed by atoms with Crippen LogP contribution in [0, 0.1) is 0 Å². The summed E-state index contributed by atoms with van der Waals surface area (Å²) < 4.78 is 11.1. The van der Waals surface area contributed by atoms with Crippen LogP contribution in [-0.4, -0.2) is 24.3 Å². The molecule has 0 aliphatic carbocycles. The molecule has 2 heterocycles. The fourth-order valence-corrected chi connectivity index (χ4v) is 5.82. The zero-order chi connectivity index (χ0) is 27.1. The number of epoxide rings is 1. The maximum Gasteiger partial charge on any atom is 0.334 e. The molecule has 0 radical (unpaired) electrons. The van der Waals surface area contributed by atoms with Crippen molar-refractivity contribution in [3.05, 3.63) is 23.8 Å². The van der Waals surface area contributed by atoms with Crippen LogP contribution in [-0.2, 0) is 14.3 Å². The molecule has 3 atom stereocenters. The zero-order valence-electron chi connectivity index (χ0n) is 25.4. The van der Waals surface area contributed by atoms with Crippen molar-refractivity contribution in [3.8, 4) is 0 Å². The normalized spacial score (nSPS) is 20.8. The van der Waals surface area contributed by atoms with Crippen LogP contribution in [0.2, 0.25) is 0 Å². The predicted octanol–water partition coefficient (Wildman–Crippen LogP) is 11.0. The van der Waals surface area contributed by atoms with Gasteiger partial charge in [0.1, 0.15) is 6.10 Å². The molecule has 220 valence electrons. The van der Waals surface area contributed by atoms with Crippen molar-refractivity contribution < 1.29 is 14.3 Å². The van der Waals surface area contributed by atoms with Gasteiger partial charge in [-0.15, -0.1) is 0 Å². The van der Waals surface area contributed by atoms with Crippen molar-refractivity contribution >= 4 is 5.97 Å². The highest BCUT2D eigenvalue weighted by atomic mass is 16.6. The van der Waals surface area contributed by atoms with E-state index in [1.54, 1.807) is 0 Å². The van der Waals surface area contributed by atoms with Crippen molar-refractivity contribution in [3.63, 3.8) is 0 Å². The third-order valence-electron chi connectivity index (χ3n) is 8.37. The average molecular weight is 531 g/mol. The monoisotopic (exact) mass is 530 g/mol. The number of carbonyl (C=O) groups excluding carboxylic acids is 1. The molecule has 1 saturated heterocycles. The van der Waals surface area contributed by atoms with E-state index >= 15 is 0 Å². The molecule has 0 unspecified atom stereocenters. The molecule has 0 bridgehead atoms. The summed E-state index contributed by atoms with van der Waals surface area (Å²) in [5.74, 6) is -0.0940. The minimum absolute atomic E-state index is 0.0213. The molecule has 3 nitrogen and oxygen atoms in total. The highest BCUT2D eigenvalue weighted by molar-refractivity contribution is 5.90. The standard InChI is InChI=1S/C35H62O3/c1-3-4-5-6-7-8-9-10-11-12-16-19-22-25-28-33-34(38-33)29-26-23-20-17-14-13-15-18-21-24-27-32-30-31(2)37-35(32)36/h19,22,30-31,33-34H,3-18,20-21,23-29H2,1-2H3/b22-19-/t31-,33-,34-/m1/s1. The van der Waals surface area contributed by atoms with Gasteiger partial charge in [0.15, 0.2) is 0 Å². The lowest BCUT2D eigenvalue weighted by molar-refractivity contribution is -0.139. The highest BCUT2D eigenvalue weighted by Crippen LogP contribution is 2.31. The molecule has 38 heavy (non-hydrogen) atoms. The number of allylic oxidation sites excluding steroid dienone is 2. The topological polar surface area (TPSA) is 38.8 Å². The van der Waals surface area contributed by atoms with Crippen LogP contribution >= 0.6 is 0 Å². The minimum Gasteiger partial charge on any atom is -0.455 e. The van der Waals surface area contributed by atoms with Crippen LogP contribution in [0.25, 0.3) is 0 Å². The van der Waals surface area contributed by atoms with Gasteiger partial charge in [0.2, 0.25) is 0 Å². The van der Waals surface area contributed by atoms with Gasteiger partial charge in [-0.05, 0) is 57.9 Å². The van der Waals surface area contributed by atoms with Crippen LogP contribution in [0.3, 0.4) is 0 Å². The fraction of sp³-hybridized carbons (Fsp3) is 0.857. The van der Waals surface area contributed by atoms with Crippen LogP contribution < -0.4 is 0 Å². The van der Waals surface area contributed by atoms with Gasteiger partial charge in [0, 0.05) is 5.57 Å². The summed E-state index contributed by atoms with van der Waals surface area (Å²) >= 11 is 0. The van der Waals surface area contributed by atoms with Crippen molar-refractivity contribution in [2.24, 2.45) is 0 Å². The smallest absolute Gasteiger partial charge is 0.334 e. The third-order valence-corrected chi connectivity index (χ3v) is 8.37. The molecule has 0 aromatic carbocycles. The second kappa shape index (κ2) is 22.7. The first kappa shape index (κ1) is 33.1. The van der Waals surface area contributed by atoms with Gasteiger partial charge in [-0.3, -0.25) is 0 Å². The second-order valence-corrected chi connectivity index (χ2v) is 12.1. The summed E-state index contributed by atoms with van der Waals surface area (Å²) in [5.41, 5.74) is 0.895. The molecule has 0 aromatic heterocycles. The molecule has 0 aromatic rings. The van der Waals surface area contributed by atoms with E-state index in [2.05, 4.69) is 19.1 Å². The maximum atomic E-state index is 11.6. The van der Waals surface area contributed by atoms with E-state index in [4.69, 9.17) is 9.47 Å². The number of carbonyl (C=O) groups is 1. The third kappa shape index (κ3) is 17.5. The summed E-state index contributed by atoms with van der Waals surface area (Å²) in [5, 5.41) is 0. The lowest BCUT2D eigenvalue weighted by atomic mass is 10.0. The number of rotatable bonds is 27. The fourth-order valence-electron chi connectivity index (χ4n) is 5.82. The molecule has 0 spiro atoms. The Hall–Kier alpha value is -1.09. The first-order valence-electron chi connectivity index (χ1n) is 16.9. The summed E-state index contributed by atoms with van der Waals surface area (Å²) in [7, 11) is 0. The Kier molecular flexibility index (Phi) is 19.8. The van der Waals surface area contributed by atoms with E-state index in [0.717, 1.165) is 18.4 Å².